The minimum Gasteiger partial charge on any atom is -0.373 e. The molecule has 0 unspecified atom stereocenters. The summed E-state index contributed by atoms with van der Waals surface area (Å²) < 4.78 is 1.09. The van der Waals surface area contributed by atoms with Crippen LogP contribution in [0.5, 0.6) is 0 Å². The molecular formula is C13H19IN2. The highest BCUT2D eigenvalue weighted by Crippen LogP contribution is 2.17. The third-order valence-electron chi connectivity index (χ3n) is 3.19. The van der Waals surface area contributed by atoms with E-state index in [0.29, 0.717) is 6.04 Å². The van der Waals surface area contributed by atoms with Crippen LogP contribution >= 0.6 is 22.6 Å². The Morgan fingerprint density at radius 1 is 1.38 bits per heavy atom. The lowest BCUT2D eigenvalue weighted by molar-refractivity contribution is 0.600. The molecular weight excluding hydrogens is 311 g/mol. The highest BCUT2D eigenvalue weighted by Gasteiger charge is 2.15. The number of rotatable bonds is 4. The zero-order valence-corrected chi connectivity index (χ0v) is 11.9. The lowest BCUT2D eigenvalue weighted by Gasteiger charge is -2.23. The maximum absolute atomic E-state index is 3.54. The first-order valence-electron chi connectivity index (χ1n) is 5.89. The maximum atomic E-state index is 3.54. The van der Waals surface area contributed by atoms with Crippen molar-refractivity contribution in [2.24, 2.45) is 0 Å². The van der Waals surface area contributed by atoms with Crippen LogP contribution < -0.4 is 10.2 Å². The number of halogens is 1. The molecule has 1 heterocycles. The Labute approximate surface area is 112 Å². The van der Waals surface area contributed by atoms with Gasteiger partial charge < -0.3 is 10.2 Å². The second-order valence-electron chi connectivity index (χ2n) is 4.47. The van der Waals surface area contributed by atoms with Crippen LogP contribution in [0.4, 0.5) is 5.69 Å². The van der Waals surface area contributed by atoms with Gasteiger partial charge in [0.25, 0.3) is 0 Å². The summed E-state index contributed by atoms with van der Waals surface area (Å²) >= 11 is 2.40. The molecule has 2 nitrogen and oxygen atoms in total. The molecule has 0 saturated carbocycles. The Balaban J connectivity index is 1.94. The van der Waals surface area contributed by atoms with Crippen molar-refractivity contribution in [1.29, 1.82) is 0 Å². The average molecular weight is 330 g/mol. The summed E-state index contributed by atoms with van der Waals surface area (Å²) in [6.07, 6.45) is 2.64. The topological polar surface area (TPSA) is 15.3 Å². The number of hydrogen-bond donors (Lipinski definition) is 1. The first-order valence-corrected chi connectivity index (χ1v) is 7.41. The zero-order valence-electron chi connectivity index (χ0n) is 9.75. The number of anilines is 1. The molecule has 1 fully saturated rings. The van der Waals surface area contributed by atoms with E-state index < -0.39 is 0 Å². The SMILES string of the molecule is CN(C[C@@H]1CCCN1)c1ccc(CI)cc1. The largest absolute Gasteiger partial charge is 0.373 e. The van der Waals surface area contributed by atoms with E-state index in [1.807, 2.05) is 0 Å². The highest BCUT2D eigenvalue weighted by atomic mass is 127. The van der Waals surface area contributed by atoms with Gasteiger partial charge in [-0.05, 0) is 37.1 Å². The fourth-order valence-corrected chi connectivity index (χ4v) is 2.70. The van der Waals surface area contributed by atoms with Gasteiger partial charge in [-0.1, -0.05) is 34.7 Å². The quantitative estimate of drug-likeness (QED) is 0.675. The monoisotopic (exact) mass is 330 g/mol. The smallest absolute Gasteiger partial charge is 0.0364 e. The molecule has 2 rings (SSSR count). The van der Waals surface area contributed by atoms with Crippen LogP contribution in [0.1, 0.15) is 18.4 Å². The van der Waals surface area contributed by atoms with Gasteiger partial charge in [-0.25, -0.2) is 0 Å². The van der Waals surface area contributed by atoms with Crippen molar-refractivity contribution in [1.82, 2.24) is 5.32 Å². The van der Waals surface area contributed by atoms with E-state index in [0.717, 1.165) is 11.0 Å². The van der Waals surface area contributed by atoms with E-state index in [1.54, 1.807) is 0 Å². The van der Waals surface area contributed by atoms with Crippen LogP contribution in [0.25, 0.3) is 0 Å². The summed E-state index contributed by atoms with van der Waals surface area (Å²) in [5, 5.41) is 3.54. The fourth-order valence-electron chi connectivity index (χ4n) is 2.19. The number of hydrogen-bond acceptors (Lipinski definition) is 2. The Morgan fingerprint density at radius 3 is 2.69 bits per heavy atom. The summed E-state index contributed by atoms with van der Waals surface area (Å²) in [6, 6.07) is 9.57. The Hall–Kier alpha value is -0.290. The summed E-state index contributed by atoms with van der Waals surface area (Å²) in [7, 11) is 2.18. The molecule has 0 amide bonds. The van der Waals surface area contributed by atoms with Gasteiger partial charge in [0.2, 0.25) is 0 Å². The molecule has 1 N–H and O–H groups in total. The summed E-state index contributed by atoms with van der Waals surface area (Å²) in [5.74, 6) is 0. The molecule has 1 aliphatic rings. The molecule has 1 aliphatic heterocycles. The molecule has 0 aliphatic carbocycles. The van der Waals surface area contributed by atoms with Crippen LogP contribution in [0.3, 0.4) is 0 Å². The van der Waals surface area contributed by atoms with Crippen molar-refractivity contribution >= 4 is 28.3 Å². The standard InChI is InChI=1S/C13H19IN2/c1-16(10-12-3-2-8-15-12)13-6-4-11(9-14)5-7-13/h4-7,12,15H,2-3,8-10H2,1H3/t12-/m0/s1. The van der Waals surface area contributed by atoms with Crippen molar-refractivity contribution in [3.63, 3.8) is 0 Å². The number of alkyl halides is 1. The van der Waals surface area contributed by atoms with E-state index in [1.165, 1.54) is 30.6 Å². The Morgan fingerprint density at radius 2 is 2.12 bits per heavy atom. The predicted octanol–water partition coefficient (Wildman–Crippen LogP) is 2.81. The maximum Gasteiger partial charge on any atom is 0.0364 e. The van der Waals surface area contributed by atoms with Gasteiger partial charge >= 0.3 is 0 Å². The van der Waals surface area contributed by atoms with E-state index in [4.69, 9.17) is 0 Å². The van der Waals surface area contributed by atoms with Crippen molar-refractivity contribution in [3.8, 4) is 0 Å². The molecule has 3 heteroatoms. The van der Waals surface area contributed by atoms with Crippen LogP contribution in [-0.4, -0.2) is 26.2 Å². The number of benzene rings is 1. The van der Waals surface area contributed by atoms with E-state index in [2.05, 4.69) is 64.1 Å². The van der Waals surface area contributed by atoms with E-state index >= 15 is 0 Å². The third kappa shape index (κ3) is 3.10. The lowest BCUT2D eigenvalue weighted by atomic mass is 10.2. The molecule has 88 valence electrons. The van der Waals surface area contributed by atoms with Gasteiger partial charge in [-0.3, -0.25) is 0 Å². The van der Waals surface area contributed by atoms with Gasteiger partial charge in [-0.15, -0.1) is 0 Å². The Bertz CT molecular complexity index is 317. The van der Waals surface area contributed by atoms with Gasteiger partial charge in [0.1, 0.15) is 0 Å². The molecule has 1 saturated heterocycles. The molecule has 16 heavy (non-hydrogen) atoms. The molecule has 0 bridgehead atoms. The second-order valence-corrected chi connectivity index (χ2v) is 5.24. The number of nitrogens with zero attached hydrogens (tertiary/aromatic N) is 1. The second kappa shape index (κ2) is 5.87. The van der Waals surface area contributed by atoms with Crippen molar-refractivity contribution in [2.45, 2.75) is 23.3 Å². The van der Waals surface area contributed by atoms with Crippen LogP contribution in [0, 0.1) is 0 Å². The summed E-state index contributed by atoms with van der Waals surface area (Å²) in [6.45, 7) is 2.30. The normalized spacial score (nSPS) is 20.0. The van der Waals surface area contributed by atoms with Crippen LogP contribution in [-0.2, 0) is 4.43 Å². The van der Waals surface area contributed by atoms with E-state index in [-0.39, 0.29) is 0 Å². The van der Waals surface area contributed by atoms with Crippen molar-refractivity contribution in [3.05, 3.63) is 29.8 Å². The number of likely N-dealkylation sites (N-methyl/N-ethyl adjacent to an activating group) is 1. The van der Waals surface area contributed by atoms with E-state index in [9.17, 15) is 0 Å². The van der Waals surface area contributed by atoms with Crippen LogP contribution in [0.15, 0.2) is 24.3 Å². The van der Waals surface area contributed by atoms with Crippen molar-refractivity contribution < 1.29 is 0 Å². The minimum atomic E-state index is 0.675. The Kier molecular flexibility index (Phi) is 4.46. The highest BCUT2D eigenvalue weighted by molar-refractivity contribution is 14.1. The summed E-state index contributed by atoms with van der Waals surface area (Å²) in [5.41, 5.74) is 2.72. The van der Waals surface area contributed by atoms with Crippen molar-refractivity contribution in [2.75, 3.05) is 25.0 Å². The molecule has 1 atom stereocenters. The molecule has 0 spiro atoms. The lowest BCUT2D eigenvalue weighted by Crippen LogP contribution is -2.35. The third-order valence-corrected chi connectivity index (χ3v) is 4.07. The zero-order chi connectivity index (χ0) is 11.4. The first kappa shape index (κ1) is 12.2. The molecule has 0 aromatic heterocycles. The van der Waals surface area contributed by atoms with Gasteiger partial charge in [-0.2, -0.15) is 0 Å². The predicted molar refractivity (Wildman–Crippen MR) is 78.5 cm³/mol. The molecule has 1 aromatic rings. The fraction of sp³-hybridized carbons (Fsp3) is 0.538. The molecule has 0 radical (unpaired) electrons. The van der Waals surface area contributed by atoms with Crippen LogP contribution in [0.2, 0.25) is 0 Å². The minimum absolute atomic E-state index is 0.675. The van der Waals surface area contributed by atoms with Gasteiger partial charge in [0.15, 0.2) is 0 Å². The van der Waals surface area contributed by atoms with Gasteiger partial charge in [0.05, 0.1) is 0 Å². The molecule has 1 aromatic carbocycles. The average Bonchev–Trinajstić information content (AvgIpc) is 2.82. The van der Waals surface area contributed by atoms with Gasteiger partial charge in [0, 0.05) is 29.7 Å². The first-order chi connectivity index (χ1) is 7.79. The summed E-state index contributed by atoms with van der Waals surface area (Å²) in [4.78, 5) is 2.35. The number of nitrogens with one attached hydrogen (secondary N) is 1.